The van der Waals surface area contributed by atoms with Crippen LogP contribution in [0.25, 0.3) is 21.6 Å². The third kappa shape index (κ3) is 3.33. The molecule has 9 heteroatoms. The van der Waals surface area contributed by atoms with Crippen molar-refractivity contribution in [3.63, 3.8) is 0 Å². The van der Waals surface area contributed by atoms with Crippen molar-refractivity contribution >= 4 is 33.2 Å². The minimum absolute atomic E-state index is 0.539. The Morgan fingerprint density at radius 3 is 2.62 bits per heavy atom. The van der Waals surface area contributed by atoms with E-state index in [9.17, 15) is 0 Å². The first-order valence-electron chi connectivity index (χ1n) is 10.9. The average molecular weight is 446 g/mol. The van der Waals surface area contributed by atoms with Crippen LogP contribution in [-0.2, 0) is 12.8 Å². The summed E-state index contributed by atoms with van der Waals surface area (Å²) in [7, 11) is 1.62. The molecule has 0 amide bonds. The number of rotatable bonds is 4. The summed E-state index contributed by atoms with van der Waals surface area (Å²) in [5.41, 5.74) is 2.41. The third-order valence-electron chi connectivity index (χ3n) is 6.18. The molecule has 0 atom stereocenters. The van der Waals surface area contributed by atoms with Crippen molar-refractivity contribution in [3.05, 3.63) is 47.4 Å². The maximum atomic E-state index is 5.24. The highest BCUT2D eigenvalue weighted by molar-refractivity contribution is 7.19. The Bertz CT molecular complexity index is 1270. The molecule has 162 valence electrons. The summed E-state index contributed by atoms with van der Waals surface area (Å²) in [6, 6.07) is 3.96. The maximum absolute atomic E-state index is 5.24. The number of aryl methyl sites for hydroxylation is 2. The zero-order valence-electron chi connectivity index (χ0n) is 17.9. The van der Waals surface area contributed by atoms with Crippen LogP contribution in [-0.4, -0.2) is 58.2 Å². The van der Waals surface area contributed by atoms with Gasteiger partial charge in [0, 0.05) is 49.0 Å². The summed E-state index contributed by atoms with van der Waals surface area (Å²) in [4.78, 5) is 30.3. The largest absolute Gasteiger partial charge is 0.480 e. The molecule has 5 heterocycles. The first-order chi connectivity index (χ1) is 15.8. The Morgan fingerprint density at radius 2 is 1.81 bits per heavy atom. The van der Waals surface area contributed by atoms with Gasteiger partial charge < -0.3 is 14.5 Å². The number of ether oxygens (including phenoxy) is 1. The van der Waals surface area contributed by atoms with Crippen LogP contribution in [0.15, 0.2) is 36.9 Å². The second kappa shape index (κ2) is 7.98. The number of hydrogen-bond donors (Lipinski definition) is 0. The van der Waals surface area contributed by atoms with Gasteiger partial charge in [-0.25, -0.2) is 9.97 Å². The molecule has 0 radical (unpaired) electrons. The van der Waals surface area contributed by atoms with Gasteiger partial charge in [-0.1, -0.05) is 0 Å². The smallest absolute Gasteiger partial charge is 0.233 e. The number of nitrogens with zero attached hydrogens (tertiary/aromatic N) is 7. The van der Waals surface area contributed by atoms with Crippen molar-refractivity contribution in [1.29, 1.82) is 0 Å². The normalized spacial score (nSPS) is 15.9. The second-order valence-electron chi connectivity index (χ2n) is 8.04. The molecule has 0 unspecified atom stereocenters. The molecule has 8 nitrogen and oxygen atoms in total. The fraction of sp³-hybridized carbons (Fsp3) is 0.348. The molecule has 0 saturated carbocycles. The second-order valence-corrected chi connectivity index (χ2v) is 9.13. The van der Waals surface area contributed by atoms with Crippen LogP contribution >= 0.6 is 11.3 Å². The van der Waals surface area contributed by atoms with Crippen molar-refractivity contribution in [3.8, 4) is 17.3 Å². The van der Waals surface area contributed by atoms with Crippen LogP contribution in [0.5, 0.6) is 5.88 Å². The van der Waals surface area contributed by atoms with Gasteiger partial charge in [0.05, 0.1) is 24.9 Å². The van der Waals surface area contributed by atoms with Gasteiger partial charge in [-0.3, -0.25) is 9.97 Å². The minimum atomic E-state index is 0.539. The van der Waals surface area contributed by atoms with Crippen LogP contribution in [0.2, 0.25) is 0 Å². The summed E-state index contributed by atoms with van der Waals surface area (Å²) < 4.78 is 5.24. The van der Waals surface area contributed by atoms with Crippen molar-refractivity contribution in [2.24, 2.45) is 0 Å². The van der Waals surface area contributed by atoms with Crippen LogP contribution < -0.4 is 14.5 Å². The Balaban J connectivity index is 1.35. The fourth-order valence-corrected chi connectivity index (χ4v) is 5.82. The zero-order valence-corrected chi connectivity index (χ0v) is 18.7. The number of fused-ring (bicyclic) bond motifs is 3. The molecule has 0 aromatic carbocycles. The summed E-state index contributed by atoms with van der Waals surface area (Å²) in [5.74, 6) is 3.20. The molecular weight excluding hydrogens is 422 g/mol. The summed E-state index contributed by atoms with van der Waals surface area (Å²) in [6.07, 6.45) is 10.6. The molecule has 1 aliphatic carbocycles. The summed E-state index contributed by atoms with van der Waals surface area (Å²) >= 11 is 1.83. The van der Waals surface area contributed by atoms with E-state index in [1.54, 1.807) is 25.7 Å². The molecule has 1 fully saturated rings. The Morgan fingerprint density at radius 1 is 0.938 bits per heavy atom. The molecule has 1 aliphatic heterocycles. The van der Waals surface area contributed by atoms with Gasteiger partial charge in [0.1, 0.15) is 10.6 Å². The number of hydrogen-bond acceptors (Lipinski definition) is 9. The van der Waals surface area contributed by atoms with E-state index in [2.05, 4.69) is 24.8 Å². The Kier molecular flexibility index (Phi) is 4.83. The van der Waals surface area contributed by atoms with Crippen molar-refractivity contribution < 1.29 is 4.74 Å². The predicted octanol–water partition coefficient (Wildman–Crippen LogP) is 3.37. The lowest BCUT2D eigenvalue weighted by Crippen LogP contribution is -2.47. The van der Waals surface area contributed by atoms with E-state index in [0.717, 1.165) is 66.9 Å². The molecular formula is C23H23N7OS. The summed E-state index contributed by atoms with van der Waals surface area (Å²) in [6.45, 7) is 3.42. The van der Waals surface area contributed by atoms with Gasteiger partial charge in [0.25, 0.3) is 0 Å². The number of methoxy groups -OCH3 is 1. The van der Waals surface area contributed by atoms with Crippen LogP contribution in [0.1, 0.15) is 16.9 Å². The molecule has 2 aliphatic rings. The minimum Gasteiger partial charge on any atom is -0.480 e. The number of anilines is 2. The van der Waals surface area contributed by atoms with Gasteiger partial charge >= 0.3 is 0 Å². The van der Waals surface area contributed by atoms with E-state index in [4.69, 9.17) is 14.7 Å². The van der Waals surface area contributed by atoms with Gasteiger partial charge in [-0.2, -0.15) is 4.98 Å². The number of pyridine rings is 1. The lowest BCUT2D eigenvalue weighted by atomic mass is 10.1. The maximum Gasteiger partial charge on any atom is 0.233 e. The lowest BCUT2D eigenvalue weighted by Gasteiger charge is -2.36. The lowest BCUT2D eigenvalue weighted by molar-refractivity contribution is 0.395. The third-order valence-corrected chi connectivity index (χ3v) is 7.36. The molecule has 6 rings (SSSR count). The molecule has 0 N–H and O–H groups in total. The zero-order chi connectivity index (χ0) is 21.5. The molecule has 4 aromatic heterocycles. The van der Waals surface area contributed by atoms with E-state index in [1.165, 1.54) is 22.2 Å². The van der Waals surface area contributed by atoms with Crippen molar-refractivity contribution in [2.45, 2.75) is 19.3 Å². The first kappa shape index (κ1) is 19.4. The Hall–Kier alpha value is -3.33. The molecule has 0 bridgehead atoms. The first-order valence-corrected chi connectivity index (χ1v) is 11.7. The van der Waals surface area contributed by atoms with Crippen molar-refractivity contribution in [2.75, 3.05) is 43.1 Å². The van der Waals surface area contributed by atoms with Gasteiger partial charge in [0.15, 0.2) is 11.6 Å². The van der Waals surface area contributed by atoms with Gasteiger partial charge in [-0.05, 0) is 37.0 Å². The van der Waals surface area contributed by atoms with Crippen LogP contribution in [0, 0.1) is 0 Å². The van der Waals surface area contributed by atoms with Crippen LogP contribution in [0.4, 0.5) is 11.6 Å². The Labute approximate surface area is 190 Å². The predicted molar refractivity (Wildman–Crippen MR) is 126 cm³/mol. The van der Waals surface area contributed by atoms with Crippen LogP contribution in [0.3, 0.4) is 0 Å². The molecule has 4 aromatic rings. The van der Waals surface area contributed by atoms with E-state index in [0.29, 0.717) is 5.88 Å². The quantitative estimate of drug-likeness (QED) is 0.473. The highest BCUT2D eigenvalue weighted by atomic mass is 32.1. The van der Waals surface area contributed by atoms with E-state index in [-0.39, 0.29) is 0 Å². The fourth-order valence-electron chi connectivity index (χ4n) is 4.57. The van der Waals surface area contributed by atoms with E-state index >= 15 is 0 Å². The van der Waals surface area contributed by atoms with Crippen molar-refractivity contribution in [1.82, 2.24) is 24.9 Å². The van der Waals surface area contributed by atoms with Gasteiger partial charge in [-0.15, -0.1) is 11.3 Å². The highest BCUT2D eigenvalue weighted by Gasteiger charge is 2.27. The van der Waals surface area contributed by atoms with Gasteiger partial charge in [0.2, 0.25) is 5.88 Å². The van der Waals surface area contributed by atoms with E-state index in [1.807, 2.05) is 29.7 Å². The summed E-state index contributed by atoms with van der Waals surface area (Å²) in [5, 5.41) is 1.25. The van der Waals surface area contributed by atoms with E-state index < -0.39 is 0 Å². The SMILES string of the molecule is COc1cncc(N2CCN(c3nc(-c4cccnc4)nc4sc5c(c34)CCC5)CC2)n1. The standard InChI is InChI=1S/C23H23N7OS/c1-31-19-14-25-13-18(26-19)29-8-10-30(11-9-29)22-20-16-5-2-6-17(16)32-23(20)28-21(27-22)15-4-3-7-24-12-15/h3-4,7,12-14H,2,5-6,8-11H2,1H3. The number of thiophene rings is 1. The topological polar surface area (TPSA) is 80.2 Å². The monoisotopic (exact) mass is 445 g/mol. The molecule has 32 heavy (non-hydrogen) atoms. The molecule has 1 saturated heterocycles. The highest BCUT2D eigenvalue weighted by Crippen LogP contribution is 2.41. The number of piperazine rings is 1. The molecule has 0 spiro atoms. The average Bonchev–Trinajstić information content (AvgIpc) is 3.45. The number of aromatic nitrogens is 5.